The molecule has 4 heteroatoms. The van der Waals surface area contributed by atoms with Crippen molar-refractivity contribution in [3.63, 3.8) is 0 Å². The van der Waals surface area contributed by atoms with Crippen LogP contribution >= 0.6 is 27.3 Å². The quantitative estimate of drug-likeness (QED) is 0.729. The number of benzene rings is 1. The predicted octanol–water partition coefficient (Wildman–Crippen LogP) is 3.90. The van der Waals surface area contributed by atoms with Gasteiger partial charge in [0.1, 0.15) is 0 Å². The predicted molar refractivity (Wildman–Crippen MR) is 79.7 cm³/mol. The Kier molecular flexibility index (Phi) is 3.39. The molecule has 3 rings (SSSR count). The van der Waals surface area contributed by atoms with Crippen molar-refractivity contribution in [1.29, 1.82) is 0 Å². The van der Waals surface area contributed by atoms with Crippen molar-refractivity contribution in [3.8, 4) is 0 Å². The molecule has 0 saturated carbocycles. The molecule has 1 fully saturated rings. The van der Waals surface area contributed by atoms with Crippen LogP contribution in [0.15, 0.2) is 30.3 Å². The lowest BCUT2D eigenvalue weighted by Crippen LogP contribution is -2.38. The number of carbonyl (C=O) groups excluding carboxylic acids is 1. The molecular weight excluding hydrogens is 310 g/mol. The zero-order chi connectivity index (χ0) is 12.5. The van der Waals surface area contributed by atoms with E-state index >= 15 is 0 Å². The first-order valence-electron chi connectivity index (χ1n) is 6.16. The number of hydrogen-bond acceptors (Lipinski definition) is 2. The Hall–Kier alpha value is -0.870. The lowest BCUT2D eigenvalue weighted by Gasteiger charge is -2.29. The van der Waals surface area contributed by atoms with Crippen molar-refractivity contribution >= 4 is 43.3 Å². The van der Waals surface area contributed by atoms with E-state index in [4.69, 9.17) is 0 Å². The van der Waals surface area contributed by atoms with Gasteiger partial charge in [-0.25, -0.2) is 0 Å². The molecule has 1 saturated heterocycles. The number of carbonyl (C=O) groups is 1. The maximum atomic E-state index is 12.4. The SMILES string of the molecule is O=C(c1cc2ccccc2s1)N1CCC(Br)CC1. The Balaban J connectivity index is 1.83. The van der Waals surface area contributed by atoms with Crippen LogP contribution in [0, 0.1) is 0 Å². The molecule has 2 heterocycles. The first kappa shape index (κ1) is 12.2. The smallest absolute Gasteiger partial charge is 0.263 e. The minimum Gasteiger partial charge on any atom is -0.338 e. The molecule has 1 aromatic heterocycles. The number of piperidine rings is 1. The normalized spacial score (nSPS) is 17.3. The van der Waals surface area contributed by atoms with Crippen molar-refractivity contribution in [1.82, 2.24) is 4.90 Å². The summed E-state index contributed by atoms with van der Waals surface area (Å²) in [5.41, 5.74) is 0. The van der Waals surface area contributed by atoms with E-state index in [2.05, 4.69) is 28.1 Å². The zero-order valence-electron chi connectivity index (χ0n) is 9.93. The van der Waals surface area contributed by atoms with Crippen molar-refractivity contribution in [2.45, 2.75) is 17.7 Å². The number of fused-ring (bicyclic) bond motifs is 1. The second-order valence-electron chi connectivity index (χ2n) is 4.62. The number of amides is 1. The number of halogens is 1. The first-order valence-corrected chi connectivity index (χ1v) is 7.89. The van der Waals surface area contributed by atoms with Crippen LogP contribution in [0.4, 0.5) is 0 Å². The number of rotatable bonds is 1. The minimum absolute atomic E-state index is 0.190. The molecule has 18 heavy (non-hydrogen) atoms. The highest BCUT2D eigenvalue weighted by Gasteiger charge is 2.23. The Morgan fingerprint density at radius 3 is 2.72 bits per heavy atom. The molecule has 0 N–H and O–H groups in total. The van der Waals surface area contributed by atoms with Gasteiger partial charge in [-0.15, -0.1) is 11.3 Å². The number of nitrogens with zero attached hydrogens (tertiary/aromatic N) is 1. The molecule has 0 aliphatic carbocycles. The van der Waals surface area contributed by atoms with Crippen molar-refractivity contribution < 1.29 is 4.79 Å². The van der Waals surface area contributed by atoms with Gasteiger partial charge >= 0.3 is 0 Å². The molecule has 1 aliphatic rings. The van der Waals surface area contributed by atoms with Gasteiger partial charge in [0, 0.05) is 22.6 Å². The monoisotopic (exact) mass is 323 g/mol. The highest BCUT2D eigenvalue weighted by atomic mass is 79.9. The van der Waals surface area contributed by atoms with Crippen LogP contribution in [0.3, 0.4) is 0 Å². The summed E-state index contributed by atoms with van der Waals surface area (Å²) in [6.07, 6.45) is 2.10. The van der Waals surface area contributed by atoms with Crippen molar-refractivity contribution in [2.24, 2.45) is 0 Å². The van der Waals surface area contributed by atoms with E-state index < -0.39 is 0 Å². The topological polar surface area (TPSA) is 20.3 Å². The fourth-order valence-electron chi connectivity index (χ4n) is 2.29. The first-order chi connectivity index (χ1) is 8.74. The van der Waals surface area contributed by atoms with Gasteiger partial charge in [0.2, 0.25) is 0 Å². The Bertz CT molecular complexity index is 539. The number of likely N-dealkylation sites (tertiary alicyclic amines) is 1. The Morgan fingerprint density at radius 2 is 2.00 bits per heavy atom. The Labute approximate surface area is 119 Å². The summed E-state index contributed by atoms with van der Waals surface area (Å²) in [5.74, 6) is 0.190. The number of hydrogen-bond donors (Lipinski definition) is 0. The van der Waals surface area contributed by atoms with E-state index in [1.54, 1.807) is 11.3 Å². The average molecular weight is 324 g/mol. The standard InChI is InChI=1S/C14H14BrNOS/c15-11-5-7-16(8-6-11)14(17)13-9-10-3-1-2-4-12(10)18-13/h1-4,9,11H,5-8H2. The summed E-state index contributed by atoms with van der Waals surface area (Å²) in [6.45, 7) is 1.73. The average Bonchev–Trinajstić information content (AvgIpc) is 2.82. The van der Waals surface area contributed by atoms with Gasteiger partial charge in [-0.2, -0.15) is 0 Å². The fraction of sp³-hybridized carbons (Fsp3) is 0.357. The molecule has 1 aliphatic heterocycles. The molecule has 0 atom stereocenters. The van der Waals surface area contributed by atoms with Gasteiger partial charge in [-0.05, 0) is 30.4 Å². The minimum atomic E-state index is 0.190. The third-order valence-corrected chi connectivity index (χ3v) is 5.37. The second kappa shape index (κ2) is 5.02. The number of thiophene rings is 1. The van der Waals surface area contributed by atoms with E-state index in [0.717, 1.165) is 30.8 Å². The molecule has 0 radical (unpaired) electrons. The van der Waals surface area contributed by atoms with Crippen LogP contribution in [0.5, 0.6) is 0 Å². The summed E-state index contributed by atoms with van der Waals surface area (Å²) in [7, 11) is 0. The molecular formula is C14H14BrNOS. The molecule has 0 spiro atoms. The van der Waals surface area contributed by atoms with Crippen LogP contribution in [0.1, 0.15) is 22.5 Å². The van der Waals surface area contributed by atoms with Gasteiger partial charge in [-0.1, -0.05) is 34.1 Å². The van der Waals surface area contributed by atoms with Crippen LogP contribution in [0.2, 0.25) is 0 Å². The molecule has 2 nitrogen and oxygen atoms in total. The van der Waals surface area contributed by atoms with E-state index in [1.165, 1.54) is 10.1 Å². The lowest BCUT2D eigenvalue weighted by atomic mass is 10.1. The maximum absolute atomic E-state index is 12.4. The Morgan fingerprint density at radius 1 is 1.28 bits per heavy atom. The van der Waals surface area contributed by atoms with Crippen LogP contribution in [-0.2, 0) is 0 Å². The molecule has 1 aromatic carbocycles. The van der Waals surface area contributed by atoms with Crippen LogP contribution in [0.25, 0.3) is 10.1 Å². The van der Waals surface area contributed by atoms with Crippen molar-refractivity contribution in [3.05, 3.63) is 35.2 Å². The molecule has 94 valence electrons. The van der Waals surface area contributed by atoms with E-state index in [1.807, 2.05) is 23.1 Å². The van der Waals surface area contributed by atoms with Crippen LogP contribution < -0.4 is 0 Å². The summed E-state index contributed by atoms with van der Waals surface area (Å²) in [5, 5.41) is 1.17. The third kappa shape index (κ3) is 2.31. The highest BCUT2D eigenvalue weighted by molar-refractivity contribution is 9.09. The molecule has 2 aromatic rings. The summed E-state index contributed by atoms with van der Waals surface area (Å²) < 4.78 is 1.19. The van der Waals surface area contributed by atoms with Gasteiger partial charge in [0.05, 0.1) is 4.88 Å². The van der Waals surface area contributed by atoms with Gasteiger partial charge in [0.15, 0.2) is 0 Å². The molecule has 0 unspecified atom stereocenters. The van der Waals surface area contributed by atoms with Crippen molar-refractivity contribution in [2.75, 3.05) is 13.1 Å². The highest BCUT2D eigenvalue weighted by Crippen LogP contribution is 2.27. The summed E-state index contributed by atoms with van der Waals surface area (Å²) >= 11 is 5.21. The van der Waals surface area contributed by atoms with Gasteiger partial charge < -0.3 is 4.90 Å². The van der Waals surface area contributed by atoms with Gasteiger partial charge in [0.25, 0.3) is 5.91 Å². The third-order valence-electron chi connectivity index (χ3n) is 3.35. The van der Waals surface area contributed by atoms with Crippen LogP contribution in [-0.4, -0.2) is 28.7 Å². The molecule has 0 bridgehead atoms. The largest absolute Gasteiger partial charge is 0.338 e. The van der Waals surface area contributed by atoms with E-state index in [9.17, 15) is 4.79 Å². The lowest BCUT2D eigenvalue weighted by molar-refractivity contribution is 0.0733. The van der Waals surface area contributed by atoms with Gasteiger partial charge in [-0.3, -0.25) is 4.79 Å². The maximum Gasteiger partial charge on any atom is 0.263 e. The molecule has 1 amide bonds. The van der Waals surface area contributed by atoms with E-state index in [0.29, 0.717) is 4.83 Å². The zero-order valence-corrected chi connectivity index (χ0v) is 12.3. The van der Waals surface area contributed by atoms with E-state index in [-0.39, 0.29) is 5.91 Å². The number of alkyl halides is 1. The fourth-order valence-corrected chi connectivity index (χ4v) is 3.73. The summed E-state index contributed by atoms with van der Waals surface area (Å²) in [6, 6.07) is 10.2. The summed E-state index contributed by atoms with van der Waals surface area (Å²) in [4.78, 5) is 15.8. The second-order valence-corrected chi connectivity index (χ2v) is 6.99.